The van der Waals surface area contributed by atoms with E-state index in [1.165, 1.54) is 18.2 Å². The van der Waals surface area contributed by atoms with Gasteiger partial charge in [-0.2, -0.15) is 0 Å². The Labute approximate surface area is 180 Å². The fraction of sp³-hybridized carbons (Fsp3) is 0.136. The Hall–Kier alpha value is -3.03. The van der Waals surface area contributed by atoms with Crippen LogP contribution in [0.3, 0.4) is 0 Å². The molecule has 0 atom stereocenters. The lowest BCUT2D eigenvalue weighted by Crippen LogP contribution is -2.28. The standard InChI is InChI=1S/C22H21ClN2O4S/c1-16-11-12-17(15-20(16)25-30(27,28)18-7-3-2-4-8-18)22(26)24-13-14-29-21-10-6-5-9-19(21)23/h2-12,15,25H,13-14H2,1H3,(H,24,26). The summed E-state index contributed by atoms with van der Waals surface area (Å²) in [7, 11) is -3.75. The Morgan fingerprint density at radius 3 is 2.43 bits per heavy atom. The highest BCUT2D eigenvalue weighted by Crippen LogP contribution is 2.23. The maximum absolute atomic E-state index is 12.6. The predicted molar refractivity (Wildman–Crippen MR) is 118 cm³/mol. The quantitative estimate of drug-likeness (QED) is 0.508. The number of halogens is 1. The maximum atomic E-state index is 12.6. The van der Waals surface area contributed by atoms with Gasteiger partial charge >= 0.3 is 0 Å². The molecule has 156 valence electrons. The van der Waals surface area contributed by atoms with Crippen molar-refractivity contribution >= 4 is 33.2 Å². The molecule has 0 aliphatic heterocycles. The fourth-order valence-electron chi connectivity index (χ4n) is 2.67. The van der Waals surface area contributed by atoms with Gasteiger partial charge in [0.2, 0.25) is 0 Å². The van der Waals surface area contributed by atoms with Gasteiger partial charge < -0.3 is 10.1 Å². The molecule has 3 aromatic rings. The molecule has 0 aliphatic carbocycles. The van der Waals surface area contributed by atoms with Gasteiger partial charge in [0.1, 0.15) is 12.4 Å². The molecular formula is C22H21ClN2O4S. The summed E-state index contributed by atoms with van der Waals surface area (Å²) in [5.41, 5.74) is 1.39. The fourth-order valence-corrected chi connectivity index (χ4v) is 4.00. The van der Waals surface area contributed by atoms with Crippen molar-refractivity contribution in [3.63, 3.8) is 0 Å². The molecule has 6 nitrogen and oxygen atoms in total. The molecule has 1 amide bonds. The summed E-state index contributed by atoms with van der Waals surface area (Å²) >= 11 is 6.02. The van der Waals surface area contributed by atoms with Crippen molar-refractivity contribution in [2.75, 3.05) is 17.9 Å². The highest BCUT2D eigenvalue weighted by Gasteiger charge is 2.16. The number of nitrogens with one attached hydrogen (secondary N) is 2. The lowest BCUT2D eigenvalue weighted by molar-refractivity contribution is 0.0947. The van der Waals surface area contributed by atoms with E-state index in [1.54, 1.807) is 55.5 Å². The molecule has 0 aliphatic rings. The average molecular weight is 445 g/mol. The zero-order valence-corrected chi connectivity index (χ0v) is 17.8. The zero-order chi connectivity index (χ0) is 21.6. The number of carbonyl (C=O) groups excluding carboxylic acids is 1. The number of carbonyl (C=O) groups is 1. The molecule has 0 saturated carbocycles. The average Bonchev–Trinajstić information content (AvgIpc) is 2.74. The molecule has 3 rings (SSSR count). The summed E-state index contributed by atoms with van der Waals surface area (Å²) in [5.74, 6) is 0.208. The van der Waals surface area contributed by atoms with E-state index in [1.807, 2.05) is 6.07 Å². The van der Waals surface area contributed by atoms with Crippen LogP contribution in [0.5, 0.6) is 5.75 Å². The molecule has 0 bridgehead atoms. The van der Waals surface area contributed by atoms with Crippen molar-refractivity contribution in [3.05, 3.63) is 88.9 Å². The number of para-hydroxylation sites is 1. The number of benzene rings is 3. The van der Waals surface area contributed by atoms with Crippen molar-refractivity contribution in [1.29, 1.82) is 0 Å². The molecule has 0 fully saturated rings. The van der Waals surface area contributed by atoms with E-state index in [2.05, 4.69) is 10.0 Å². The second-order valence-corrected chi connectivity index (χ2v) is 8.57. The lowest BCUT2D eigenvalue weighted by atomic mass is 10.1. The largest absolute Gasteiger partial charge is 0.490 e. The number of hydrogen-bond donors (Lipinski definition) is 2. The minimum absolute atomic E-state index is 0.149. The highest BCUT2D eigenvalue weighted by molar-refractivity contribution is 7.92. The van der Waals surface area contributed by atoms with Gasteiger partial charge in [0.25, 0.3) is 15.9 Å². The molecule has 0 radical (unpaired) electrons. The van der Waals surface area contributed by atoms with E-state index in [0.717, 1.165) is 0 Å². The number of amides is 1. The summed E-state index contributed by atoms with van der Waals surface area (Å²) in [6, 6.07) is 20.0. The normalized spacial score (nSPS) is 11.0. The molecular weight excluding hydrogens is 424 g/mol. The second-order valence-electron chi connectivity index (χ2n) is 6.48. The third-order valence-electron chi connectivity index (χ3n) is 4.28. The minimum Gasteiger partial charge on any atom is -0.490 e. The lowest BCUT2D eigenvalue weighted by Gasteiger charge is -2.13. The van der Waals surface area contributed by atoms with Gasteiger partial charge in [-0.1, -0.05) is 48.0 Å². The molecule has 30 heavy (non-hydrogen) atoms. The number of anilines is 1. The van der Waals surface area contributed by atoms with Crippen LogP contribution in [0.15, 0.2) is 77.7 Å². The monoisotopic (exact) mass is 444 g/mol. The van der Waals surface area contributed by atoms with Crippen molar-refractivity contribution in [2.24, 2.45) is 0 Å². The molecule has 0 unspecified atom stereocenters. The molecule has 3 aromatic carbocycles. The van der Waals surface area contributed by atoms with Gasteiger partial charge in [0, 0.05) is 5.56 Å². The van der Waals surface area contributed by atoms with Gasteiger partial charge in [0.05, 0.1) is 22.2 Å². The summed E-state index contributed by atoms with van der Waals surface area (Å²) in [5, 5.41) is 3.24. The van der Waals surface area contributed by atoms with Crippen LogP contribution in [0.1, 0.15) is 15.9 Å². The van der Waals surface area contributed by atoms with Crippen LogP contribution in [0.4, 0.5) is 5.69 Å². The third kappa shape index (κ3) is 5.52. The van der Waals surface area contributed by atoms with Crippen molar-refractivity contribution in [3.8, 4) is 5.75 Å². The van der Waals surface area contributed by atoms with Crippen LogP contribution < -0.4 is 14.8 Å². The number of sulfonamides is 1. The van der Waals surface area contributed by atoms with E-state index >= 15 is 0 Å². The number of hydrogen-bond acceptors (Lipinski definition) is 4. The van der Waals surface area contributed by atoms with E-state index in [-0.39, 0.29) is 24.0 Å². The second kappa shape index (κ2) is 9.65. The van der Waals surface area contributed by atoms with Crippen LogP contribution in [-0.4, -0.2) is 27.5 Å². The Kier molecular flexibility index (Phi) is 6.97. The molecule has 0 spiro atoms. The first-order valence-corrected chi connectivity index (χ1v) is 11.1. The van der Waals surface area contributed by atoms with Gasteiger partial charge in [-0.3, -0.25) is 9.52 Å². The first-order valence-electron chi connectivity index (χ1n) is 9.21. The molecule has 0 saturated heterocycles. The van der Waals surface area contributed by atoms with E-state index in [4.69, 9.17) is 16.3 Å². The topological polar surface area (TPSA) is 84.5 Å². The Bertz CT molecular complexity index is 1130. The molecule has 2 N–H and O–H groups in total. The van der Waals surface area contributed by atoms with Crippen molar-refractivity contribution < 1.29 is 17.9 Å². The first kappa shape index (κ1) is 21.7. The van der Waals surface area contributed by atoms with E-state index in [0.29, 0.717) is 27.6 Å². The Morgan fingerprint density at radius 2 is 1.70 bits per heavy atom. The number of rotatable bonds is 8. The van der Waals surface area contributed by atoms with Gasteiger partial charge in [-0.25, -0.2) is 8.42 Å². The SMILES string of the molecule is Cc1ccc(C(=O)NCCOc2ccccc2Cl)cc1NS(=O)(=O)c1ccccc1. The summed E-state index contributed by atoms with van der Waals surface area (Å²) < 4.78 is 33.2. The summed E-state index contributed by atoms with van der Waals surface area (Å²) in [6.45, 7) is 2.28. The van der Waals surface area contributed by atoms with Crippen LogP contribution >= 0.6 is 11.6 Å². The molecule has 8 heteroatoms. The minimum atomic E-state index is -3.75. The van der Waals surface area contributed by atoms with Gasteiger partial charge in [-0.05, 0) is 48.9 Å². The highest BCUT2D eigenvalue weighted by atomic mass is 35.5. The maximum Gasteiger partial charge on any atom is 0.261 e. The van der Waals surface area contributed by atoms with E-state index in [9.17, 15) is 13.2 Å². The number of aryl methyl sites for hydroxylation is 1. The number of ether oxygens (including phenoxy) is 1. The predicted octanol–water partition coefficient (Wildman–Crippen LogP) is 4.26. The van der Waals surface area contributed by atoms with Gasteiger partial charge in [-0.15, -0.1) is 0 Å². The van der Waals surface area contributed by atoms with E-state index < -0.39 is 10.0 Å². The Balaban J connectivity index is 1.63. The summed E-state index contributed by atoms with van der Waals surface area (Å²) in [4.78, 5) is 12.6. The van der Waals surface area contributed by atoms with Crippen LogP contribution in [0.25, 0.3) is 0 Å². The summed E-state index contributed by atoms with van der Waals surface area (Å²) in [6.07, 6.45) is 0. The molecule has 0 heterocycles. The first-order chi connectivity index (χ1) is 14.4. The third-order valence-corrected chi connectivity index (χ3v) is 5.97. The zero-order valence-electron chi connectivity index (χ0n) is 16.3. The van der Waals surface area contributed by atoms with Crippen molar-refractivity contribution in [2.45, 2.75) is 11.8 Å². The molecule has 0 aromatic heterocycles. The Morgan fingerprint density at radius 1 is 1.00 bits per heavy atom. The van der Waals surface area contributed by atoms with Crippen LogP contribution in [-0.2, 0) is 10.0 Å². The van der Waals surface area contributed by atoms with Crippen LogP contribution in [0.2, 0.25) is 5.02 Å². The van der Waals surface area contributed by atoms with Crippen molar-refractivity contribution in [1.82, 2.24) is 5.32 Å². The smallest absolute Gasteiger partial charge is 0.261 e. The van der Waals surface area contributed by atoms with Gasteiger partial charge in [0.15, 0.2) is 0 Å². The van der Waals surface area contributed by atoms with Crippen LogP contribution in [0, 0.1) is 6.92 Å².